The van der Waals surface area contributed by atoms with Gasteiger partial charge in [0.2, 0.25) is 11.8 Å². The number of rotatable bonds is 6. The molecule has 2 aliphatic rings. The van der Waals surface area contributed by atoms with E-state index in [4.69, 9.17) is 10.5 Å². The Morgan fingerprint density at radius 1 is 1.20 bits per heavy atom. The molecule has 148 valence electrons. The molecule has 1 unspecified atom stereocenters. The second-order valence-corrected chi connectivity index (χ2v) is 6.78. The average molecular weight is 399 g/mol. The summed E-state index contributed by atoms with van der Waals surface area (Å²) in [6, 6.07) is -0.318. The van der Waals surface area contributed by atoms with Crippen molar-refractivity contribution in [2.24, 2.45) is 11.7 Å². The van der Waals surface area contributed by atoms with Crippen molar-refractivity contribution in [2.75, 3.05) is 45.9 Å². The summed E-state index contributed by atoms with van der Waals surface area (Å²) in [6.45, 7) is 8.90. The summed E-state index contributed by atoms with van der Waals surface area (Å²) in [5, 5.41) is 2.68. The molecule has 0 radical (unpaired) electrons. The third-order valence-corrected chi connectivity index (χ3v) is 4.70. The van der Waals surface area contributed by atoms with Crippen LogP contribution in [0.15, 0.2) is 0 Å². The zero-order chi connectivity index (χ0) is 16.8. The highest BCUT2D eigenvalue weighted by Gasteiger charge is 2.30. The van der Waals surface area contributed by atoms with Gasteiger partial charge in [-0.25, -0.2) is 0 Å². The summed E-state index contributed by atoms with van der Waals surface area (Å²) in [5.74, 6) is -0.201. The number of hydrogen-bond donors (Lipinski definition) is 2. The van der Waals surface area contributed by atoms with E-state index in [1.807, 2.05) is 18.7 Å². The van der Waals surface area contributed by atoms with Crippen LogP contribution in [0.4, 0.5) is 0 Å². The molecule has 2 rings (SSSR count). The van der Waals surface area contributed by atoms with Gasteiger partial charge in [-0.15, -0.1) is 24.8 Å². The fourth-order valence-electron chi connectivity index (χ4n) is 3.12. The van der Waals surface area contributed by atoms with Crippen LogP contribution in [-0.4, -0.2) is 79.6 Å². The Morgan fingerprint density at radius 3 is 2.44 bits per heavy atom. The number of carbonyl (C=O) groups excluding carboxylic acids is 2. The Hall–Kier alpha value is -0.600. The first kappa shape index (κ1) is 24.4. The van der Waals surface area contributed by atoms with E-state index in [-0.39, 0.29) is 55.1 Å². The minimum absolute atomic E-state index is 0. The maximum atomic E-state index is 12.4. The maximum Gasteiger partial charge on any atom is 0.242 e. The van der Waals surface area contributed by atoms with Gasteiger partial charge in [0.25, 0.3) is 0 Å². The first-order chi connectivity index (χ1) is 11.0. The van der Waals surface area contributed by atoms with Crippen molar-refractivity contribution in [1.29, 1.82) is 0 Å². The summed E-state index contributed by atoms with van der Waals surface area (Å²) in [7, 11) is 0. The van der Waals surface area contributed by atoms with Crippen LogP contribution in [0, 0.1) is 5.92 Å². The van der Waals surface area contributed by atoms with Crippen molar-refractivity contribution < 1.29 is 14.3 Å². The van der Waals surface area contributed by atoms with Gasteiger partial charge in [-0.1, -0.05) is 13.8 Å². The number of halogens is 2. The number of ether oxygens (including phenoxy) is 1. The third kappa shape index (κ3) is 7.27. The molecule has 2 atom stereocenters. The summed E-state index contributed by atoms with van der Waals surface area (Å²) >= 11 is 0. The molecule has 0 aromatic rings. The molecule has 2 heterocycles. The van der Waals surface area contributed by atoms with Crippen LogP contribution in [0.25, 0.3) is 0 Å². The van der Waals surface area contributed by atoms with Crippen molar-refractivity contribution in [2.45, 2.75) is 38.8 Å². The van der Waals surface area contributed by atoms with Gasteiger partial charge >= 0.3 is 0 Å². The summed E-state index contributed by atoms with van der Waals surface area (Å²) in [6.07, 6.45) is 2.06. The van der Waals surface area contributed by atoms with E-state index in [1.165, 1.54) is 0 Å². The van der Waals surface area contributed by atoms with E-state index in [2.05, 4.69) is 10.2 Å². The van der Waals surface area contributed by atoms with Crippen LogP contribution in [-0.2, 0) is 14.3 Å². The molecule has 0 spiro atoms. The number of nitrogens with one attached hydrogen (secondary N) is 1. The SMILES string of the molecule is CC(C)[C@H](N)C(=O)NCC(=O)N1CCCC1CN1CCOCC1.Cl.Cl. The lowest BCUT2D eigenvalue weighted by Crippen LogP contribution is -2.51. The quantitative estimate of drug-likeness (QED) is 0.669. The summed E-state index contributed by atoms with van der Waals surface area (Å²) in [5.41, 5.74) is 5.80. The van der Waals surface area contributed by atoms with Crippen LogP contribution in [0.1, 0.15) is 26.7 Å². The molecule has 2 aliphatic heterocycles. The first-order valence-electron chi connectivity index (χ1n) is 8.62. The molecule has 0 bridgehead atoms. The highest BCUT2D eigenvalue weighted by atomic mass is 35.5. The zero-order valence-corrected chi connectivity index (χ0v) is 16.7. The number of likely N-dealkylation sites (tertiary alicyclic amines) is 1. The van der Waals surface area contributed by atoms with Crippen molar-refractivity contribution in [3.05, 3.63) is 0 Å². The third-order valence-electron chi connectivity index (χ3n) is 4.70. The van der Waals surface area contributed by atoms with Gasteiger partial charge < -0.3 is 20.7 Å². The van der Waals surface area contributed by atoms with Crippen LogP contribution in [0.3, 0.4) is 0 Å². The fraction of sp³-hybridized carbons (Fsp3) is 0.875. The predicted octanol–water partition coefficient (Wildman–Crippen LogP) is 0.253. The molecule has 2 amide bonds. The summed E-state index contributed by atoms with van der Waals surface area (Å²) < 4.78 is 5.36. The molecular formula is C16H32Cl2N4O3. The predicted molar refractivity (Wildman–Crippen MR) is 102 cm³/mol. The molecule has 0 aromatic heterocycles. The van der Waals surface area contributed by atoms with Crippen LogP contribution >= 0.6 is 24.8 Å². The molecule has 25 heavy (non-hydrogen) atoms. The Labute approximate surface area is 162 Å². The van der Waals surface area contributed by atoms with Gasteiger partial charge in [-0.2, -0.15) is 0 Å². The smallest absolute Gasteiger partial charge is 0.242 e. The van der Waals surface area contributed by atoms with Crippen molar-refractivity contribution >= 4 is 36.6 Å². The Balaban J connectivity index is 0.00000288. The molecule has 2 fully saturated rings. The summed E-state index contributed by atoms with van der Waals surface area (Å²) in [4.78, 5) is 28.6. The minimum atomic E-state index is -0.564. The van der Waals surface area contributed by atoms with Gasteiger partial charge in [0, 0.05) is 32.2 Å². The van der Waals surface area contributed by atoms with Crippen LogP contribution < -0.4 is 11.1 Å². The highest BCUT2D eigenvalue weighted by molar-refractivity contribution is 5.87. The number of nitrogens with two attached hydrogens (primary N) is 1. The molecule has 3 N–H and O–H groups in total. The van der Waals surface area contributed by atoms with Gasteiger partial charge in [0.1, 0.15) is 0 Å². The molecule has 7 nitrogen and oxygen atoms in total. The van der Waals surface area contributed by atoms with Crippen molar-refractivity contribution in [3.63, 3.8) is 0 Å². The monoisotopic (exact) mass is 398 g/mol. The molecule has 0 aromatic carbocycles. The normalized spacial score (nSPS) is 22.1. The topological polar surface area (TPSA) is 87.9 Å². The van der Waals surface area contributed by atoms with E-state index in [0.717, 1.165) is 52.2 Å². The second-order valence-electron chi connectivity index (χ2n) is 6.78. The standard InChI is InChI=1S/C16H30N4O3.2ClH/c1-12(2)15(17)16(22)18-10-14(21)20-5-3-4-13(20)11-19-6-8-23-9-7-19;;/h12-13,15H,3-11,17H2,1-2H3,(H,18,22);2*1H/t13?,15-;;/m0../s1. The fourth-order valence-corrected chi connectivity index (χ4v) is 3.12. The van der Waals surface area contributed by atoms with E-state index in [1.54, 1.807) is 0 Å². The van der Waals surface area contributed by atoms with Crippen molar-refractivity contribution in [3.8, 4) is 0 Å². The van der Waals surface area contributed by atoms with E-state index in [0.29, 0.717) is 0 Å². The number of carbonyl (C=O) groups is 2. The van der Waals surface area contributed by atoms with Gasteiger partial charge in [-0.3, -0.25) is 14.5 Å². The van der Waals surface area contributed by atoms with Gasteiger partial charge in [-0.05, 0) is 18.8 Å². The first-order valence-corrected chi connectivity index (χ1v) is 8.62. The number of amides is 2. The Morgan fingerprint density at radius 2 is 1.84 bits per heavy atom. The largest absolute Gasteiger partial charge is 0.379 e. The highest BCUT2D eigenvalue weighted by Crippen LogP contribution is 2.18. The Bertz CT molecular complexity index is 420. The lowest BCUT2D eigenvalue weighted by molar-refractivity contribution is -0.134. The Kier molecular flexibility index (Phi) is 11.6. The molecule has 2 saturated heterocycles. The van der Waals surface area contributed by atoms with E-state index in [9.17, 15) is 9.59 Å². The minimum Gasteiger partial charge on any atom is -0.379 e. The zero-order valence-electron chi connectivity index (χ0n) is 15.1. The molecule has 0 aliphatic carbocycles. The van der Waals surface area contributed by atoms with E-state index < -0.39 is 6.04 Å². The van der Waals surface area contributed by atoms with Gasteiger partial charge in [0.15, 0.2) is 0 Å². The lowest BCUT2D eigenvalue weighted by Gasteiger charge is -2.33. The molecular weight excluding hydrogens is 367 g/mol. The maximum absolute atomic E-state index is 12.4. The molecule has 9 heteroatoms. The van der Waals surface area contributed by atoms with Crippen molar-refractivity contribution in [1.82, 2.24) is 15.1 Å². The number of hydrogen-bond acceptors (Lipinski definition) is 5. The second kappa shape index (κ2) is 11.9. The van der Waals surface area contributed by atoms with E-state index >= 15 is 0 Å². The average Bonchev–Trinajstić information content (AvgIpc) is 3.00. The van der Waals surface area contributed by atoms with Crippen LogP contribution in [0.5, 0.6) is 0 Å². The molecule has 0 saturated carbocycles. The number of morpholine rings is 1. The van der Waals surface area contributed by atoms with Gasteiger partial charge in [0.05, 0.1) is 25.8 Å². The van der Waals surface area contributed by atoms with Crippen LogP contribution in [0.2, 0.25) is 0 Å². The lowest BCUT2D eigenvalue weighted by atomic mass is 10.1. The number of nitrogens with zero attached hydrogens (tertiary/aromatic N) is 2.